The van der Waals surface area contributed by atoms with E-state index in [1.807, 2.05) is 19.9 Å². The Labute approximate surface area is 61.8 Å². The molecule has 10 heavy (non-hydrogen) atoms. The van der Waals surface area contributed by atoms with Crippen molar-refractivity contribution in [1.82, 2.24) is 0 Å². The molecule has 0 aromatic carbocycles. The second-order valence-corrected chi connectivity index (χ2v) is 2.58. The number of allylic oxidation sites excluding steroid dienone is 1. The van der Waals surface area contributed by atoms with Crippen molar-refractivity contribution in [3.05, 3.63) is 12.0 Å². The zero-order chi connectivity index (χ0) is 7.56. The number of hydrogen-bond donors (Lipinski definition) is 0. The maximum absolute atomic E-state index is 5.35. The smallest absolute Gasteiger partial charge is 0.275 e. The average Bonchev–Trinajstić information content (AvgIpc) is 2.14. The van der Waals surface area contributed by atoms with E-state index >= 15 is 0 Å². The van der Waals surface area contributed by atoms with E-state index in [0.717, 1.165) is 6.42 Å². The molecule has 1 rings (SSSR count). The van der Waals surface area contributed by atoms with Crippen LogP contribution in [0, 0.1) is 0 Å². The van der Waals surface area contributed by atoms with E-state index in [-0.39, 0.29) is 12.2 Å². The van der Waals surface area contributed by atoms with Crippen LogP contribution in [0.3, 0.4) is 0 Å². The lowest BCUT2D eigenvalue weighted by Gasteiger charge is -2.01. The van der Waals surface area contributed by atoms with Crippen LogP contribution in [-0.4, -0.2) is 12.2 Å². The Morgan fingerprint density at radius 1 is 1.30 bits per heavy atom. The van der Waals surface area contributed by atoms with Crippen molar-refractivity contribution in [1.29, 1.82) is 0 Å². The quantitative estimate of drug-likeness (QED) is 0.558. The van der Waals surface area contributed by atoms with Crippen LogP contribution in [0.2, 0.25) is 0 Å². The van der Waals surface area contributed by atoms with Gasteiger partial charge in [0.25, 0.3) is 5.95 Å². The average molecular weight is 142 g/mol. The summed E-state index contributed by atoms with van der Waals surface area (Å²) >= 11 is 0. The van der Waals surface area contributed by atoms with Crippen molar-refractivity contribution in [2.24, 2.45) is 0 Å². The first kappa shape index (κ1) is 7.45. The van der Waals surface area contributed by atoms with Crippen LogP contribution < -0.4 is 0 Å². The van der Waals surface area contributed by atoms with Gasteiger partial charge in [-0.2, -0.15) is 0 Å². The van der Waals surface area contributed by atoms with E-state index in [9.17, 15) is 0 Å². The van der Waals surface area contributed by atoms with Crippen LogP contribution in [0.5, 0.6) is 0 Å². The third-order valence-corrected chi connectivity index (χ3v) is 1.64. The molecule has 0 aromatic rings. The SMILES string of the molecule is CCC=C1OC(C)C(C)O1. The normalized spacial score (nSPS) is 31.3. The summed E-state index contributed by atoms with van der Waals surface area (Å²) in [4.78, 5) is 0. The van der Waals surface area contributed by atoms with E-state index in [4.69, 9.17) is 9.47 Å². The number of rotatable bonds is 1. The van der Waals surface area contributed by atoms with Gasteiger partial charge in [-0.15, -0.1) is 0 Å². The van der Waals surface area contributed by atoms with Gasteiger partial charge in [0.05, 0.1) is 0 Å². The van der Waals surface area contributed by atoms with Crippen molar-refractivity contribution in [3.63, 3.8) is 0 Å². The minimum Gasteiger partial charge on any atom is -0.459 e. The van der Waals surface area contributed by atoms with Gasteiger partial charge >= 0.3 is 0 Å². The van der Waals surface area contributed by atoms with Gasteiger partial charge in [-0.25, -0.2) is 0 Å². The Balaban J connectivity index is 2.49. The minimum absolute atomic E-state index is 0.206. The molecule has 0 spiro atoms. The first-order valence-corrected chi connectivity index (χ1v) is 3.77. The third kappa shape index (κ3) is 1.43. The molecule has 0 amide bonds. The highest BCUT2D eigenvalue weighted by Crippen LogP contribution is 2.21. The molecule has 58 valence electrons. The molecule has 0 saturated carbocycles. The van der Waals surface area contributed by atoms with Gasteiger partial charge in [-0.05, 0) is 26.3 Å². The molecule has 0 N–H and O–H groups in total. The van der Waals surface area contributed by atoms with Crippen molar-refractivity contribution in [3.8, 4) is 0 Å². The largest absolute Gasteiger partial charge is 0.459 e. The second kappa shape index (κ2) is 2.95. The lowest BCUT2D eigenvalue weighted by molar-refractivity contribution is 0.144. The van der Waals surface area contributed by atoms with Gasteiger partial charge in [0.2, 0.25) is 0 Å². The summed E-state index contributed by atoms with van der Waals surface area (Å²) in [5.41, 5.74) is 0. The van der Waals surface area contributed by atoms with Gasteiger partial charge in [-0.1, -0.05) is 6.92 Å². The van der Waals surface area contributed by atoms with E-state index in [0.29, 0.717) is 5.95 Å². The predicted octanol–water partition coefficient (Wildman–Crippen LogP) is 2.06. The Morgan fingerprint density at radius 2 is 1.80 bits per heavy atom. The highest BCUT2D eigenvalue weighted by Gasteiger charge is 2.25. The zero-order valence-corrected chi connectivity index (χ0v) is 6.76. The Morgan fingerprint density at radius 3 is 2.20 bits per heavy atom. The molecule has 1 fully saturated rings. The van der Waals surface area contributed by atoms with E-state index in [1.54, 1.807) is 0 Å². The Kier molecular flexibility index (Phi) is 2.20. The standard InChI is InChI=1S/C8H14O2/c1-4-5-8-9-6(2)7(3)10-8/h5-7H,4H2,1-3H3. The fourth-order valence-corrected chi connectivity index (χ4v) is 0.849. The van der Waals surface area contributed by atoms with Crippen molar-refractivity contribution >= 4 is 0 Å². The van der Waals surface area contributed by atoms with E-state index in [1.165, 1.54) is 0 Å². The molecular formula is C8H14O2. The highest BCUT2D eigenvalue weighted by atomic mass is 16.7. The number of hydrogen-bond acceptors (Lipinski definition) is 2. The van der Waals surface area contributed by atoms with Crippen LogP contribution in [-0.2, 0) is 9.47 Å². The molecule has 2 heteroatoms. The summed E-state index contributed by atoms with van der Waals surface area (Å²) in [6.07, 6.45) is 3.34. The molecule has 2 unspecified atom stereocenters. The molecule has 0 aromatic heterocycles. The van der Waals surface area contributed by atoms with Crippen molar-refractivity contribution < 1.29 is 9.47 Å². The fraction of sp³-hybridized carbons (Fsp3) is 0.750. The fourth-order valence-electron chi connectivity index (χ4n) is 0.849. The van der Waals surface area contributed by atoms with Gasteiger partial charge < -0.3 is 9.47 Å². The zero-order valence-electron chi connectivity index (χ0n) is 6.76. The van der Waals surface area contributed by atoms with Crippen LogP contribution >= 0.6 is 0 Å². The Bertz CT molecular complexity index is 128. The first-order valence-electron chi connectivity index (χ1n) is 3.77. The van der Waals surface area contributed by atoms with Gasteiger partial charge in [0, 0.05) is 0 Å². The minimum atomic E-state index is 0.206. The molecule has 1 heterocycles. The lowest BCUT2D eigenvalue weighted by Crippen LogP contribution is -2.13. The molecule has 1 saturated heterocycles. The molecule has 0 aliphatic carbocycles. The van der Waals surface area contributed by atoms with E-state index < -0.39 is 0 Å². The molecule has 0 radical (unpaired) electrons. The molecule has 1 aliphatic heterocycles. The maximum Gasteiger partial charge on any atom is 0.275 e. The summed E-state index contributed by atoms with van der Waals surface area (Å²) in [6.45, 7) is 6.09. The molecule has 2 nitrogen and oxygen atoms in total. The summed E-state index contributed by atoms with van der Waals surface area (Å²) in [6, 6.07) is 0. The van der Waals surface area contributed by atoms with Gasteiger partial charge in [-0.3, -0.25) is 0 Å². The van der Waals surface area contributed by atoms with Crippen LogP contribution in [0.4, 0.5) is 0 Å². The molecule has 1 aliphatic rings. The summed E-state index contributed by atoms with van der Waals surface area (Å²) in [7, 11) is 0. The summed E-state index contributed by atoms with van der Waals surface area (Å²) in [5, 5.41) is 0. The van der Waals surface area contributed by atoms with Crippen LogP contribution in [0.25, 0.3) is 0 Å². The summed E-state index contributed by atoms with van der Waals surface area (Å²) in [5.74, 6) is 0.697. The van der Waals surface area contributed by atoms with E-state index in [2.05, 4.69) is 6.92 Å². The monoisotopic (exact) mass is 142 g/mol. The van der Waals surface area contributed by atoms with Gasteiger partial charge in [0.1, 0.15) is 12.2 Å². The topological polar surface area (TPSA) is 18.5 Å². The molecule has 0 bridgehead atoms. The number of ether oxygens (including phenoxy) is 2. The lowest BCUT2D eigenvalue weighted by atomic mass is 10.3. The molecule has 2 atom stereocenters. The van der Waals surface area contributed by atoms with Gasteiger partial charge in [0.15, 0.2) is 0 Å². The maximum atomic E-state index is 5.35. The first-order chi connectivity index (χ1) is 4.74. The molecular weight excluding hydrogens is 128 g/mol. The van der Waals surface area contributed by atoms with Crippen molar-refractivity contribution in [2.45, 2.75) is 39.4 Å². The van der Waals surface area contributed by atoms with Crippen molar-refractivity contribution in [2.75, 3.05) is 0 Å². The highest BCUT2D eigenvalue weighted by molar-refractivity contribution is 4.90. The summed E-state index contributed by atoms with van der Waals surface area (Å²) < 4.78 is 10.7. The van der Waals surface area contributed by atoms with Crippen LogP contribution in [0.1, 0.15) is 27.2 Å². The predicted molar refractivity (Wildman–Crippen MR) is 39.5 cm³/mol. The second-order valence-electron chi connectivity index (χ2n) is 2.58. The Hall–Kier alpha value is -0.660. The third-order valence-electron chi connectivity index (χ3n) is 1.64. The van der Waals surface area contributed by atoms with Crippen LogP contribution in [0.15, 0.2) is 12.0 Å².